The molecule has 0 radical (unpaired) electrons. The normalized spacial score (nSPS) is 10.5. The molecule has 0 heterocycles. The molecule has 3 aromatic rings. The number of hydrogen-bond acceptors (Lipinski definition) is 2. The minimum atomic E-state index is -0.167. The lowest BCUT2D eigenvalue weighted by Gasteiger charge is -2.10. The first-order valence-electron chi connectivity index (χ1n) is 7.61. The van der Waals surface area contributed by atoms with Crippen LogP contribution in [0.3, 0.4) is 0 Å². The molecule has 1 amide bonds. The smallest absolute Gasteiger partial charge is 0.262 e. The van der Waals surface area contributed by atoms with E-state index in [1.54, 1.807) is 0 Å². The summed E-state index contributed by atoms with van der Waals surface area (Å²) in [5.74, 6) is 0.542. The van der Waals surface area contributed by atoms with Crippen molar-refractivity contribution in [3.8, 4) is 5.75 Å². The number of amides is 1. The molecule has 3 rings (SSSR count). The number of hydrogen-bond donors (Lipinski definition) is 1. The molecule has 0 aliphatic carbocycles. The van der Waals surface area contributed by atoms with Crippen molar-refractivity contribution in [2.24, 2.45) is 0 Å². The predicted molar refractivity (Wildman–Crippen MR) is 94.0 cm³/mol. The molecule has 0 spiro atoms. The van der Waals surface area contributed by atoms with Crippen LogP contribution >= 0.6 is 0 Å². The standard InChI is InChI=1S/C20H19NO2/c1-14-10-11-17(12-15(14)2)23-13-20(22)21-19-9-5-7-16-6-3-4-8-18(16)19/h3-12H,13H2,1-2H3,(H,21,22). The van der Waals surface area contributed by atoms with Gasteiger partial charge in [-0.1, -0.05) is 42.5 Å². The maximum atomic E-state index is 12.1. The summed E-state index contributed by atoms with van der Waals surface area (Å²) in [6.45, 7) is 4.07. The van der Waals surface area contributed by atoms with Gasteiger partial charge in [-0.2, -0.15) is 0 Å². The molecule has 3 heteroatoms. The maximum absolute atomic E-state index is 12.1. The highest BCUT2D eigenvalue weighted by Gasteiger charge is 2.07. The van der Waals surface area contributed by atoms with E-state index in [0.29, 0.717) is 5.75 Å². The fourth-order valence-electron chi connectivity index (χ4n) is 2.47. The Labute approximate surface area is 135 Å². The second-order valence-corrected chi connectivity index (χ2v) is 5.61. The molecule has 3 nitrogen and oxygen atoms in total. The largest absolute Gasteiger partial charge is 0.484 e. The minimum absolute atomic E-state index is 0.00821. The monoisotopic (exact) mass is 305 g/mol. The van der Waals surface area contributed by atoms with Crippen LogP contribution in [0.1, 0.15) is 11.1 Å². The van der Waals surface area contributed by atoms with E-state index in [1.165, 1.54) is 5.56 Å². The number of carbonyl (C=O) groups excluding carboxylic acids is 1. The summed E-state index contributed by atoms with van der Waals surface area (Å²) < 4.78 is 5.58. The second-order valence-electron chi connectivity index (χ2n) is 5.61. The third-order valence-corrected chi connectivity index (χ3v) is 3.91. The molecule has 0 bridgehead atoms. The van der Waals surface area contributed by atoms with E-state index < -0.39 is 0 Å². The summed E-state index contributed by atoms with van der Waals surface area (Å²) in [7, 11) is 0. The summed E-state index contributed by atoms with van der Waals surface area (Å²) in [6.07, 6.45) is 0. The number of aryl methyl sites for hydroxylation is 2. The third kappa shape index (κ3) is 3.51. The van der Waals surface area contributed by atoms with Crippen molar-refractivity contribution in [2.75, 3.05) is 11.9 Å². The lowest BCUT2D eigenvalue weighted by molar-refractivity contribution is -0.118. The van der Waals surface area contributed by atoms with Gasteiger partial charge in [0, 0.05) is 11.1 Å². The van der Waals surface area contributed by atoms with Crippen LogP contribution in [0.15, 0.2) is 60.7 Å². The van der Waals surface area contributed by atoms with Gasteiger partial charge in [-0.3, -0.25) is 4.79 Å². The second kappa shape index (κ2) is 6.53. The van der Waals surface area contributed by atoms with Gasteiger partial charge in [0.25, 0.3) is 5.91 Å². The Hall–Kier alpha value is -2.81. The van der Waals surface area contributed by atoms with Crippen molar-refractivity contribution in [1.82, 2.24) is 0 Å². The average molecular weight is 305 g/mol. The van der Waals surface area contributed by atoms with Crippen LogP contribution in [0.4, 0.5) is 5.69 Å². The Morgan fingerprint density at radius 2 is 1.74 bits per heavy atom. The topological polar surface area (TPSA) is 38.3 Å². The molecule has 0 unspecified atom stereocenters. The van der Waals surface area contributed by atoms with Gasteiger partial charge in [0.1, 0.15) is 5.75 Å². The zero-order chi connectivity index (χ0) is 16.2. The summed E-state index contributed by atoms with van der Waals surface area (Å²) in [6, 6.07) is 19.6. The SMILES string of the molecule is Cc1ccc(OCC(=O)Nc2cccc3ccccc23)cc1C. The van der Waals surface area contributed by atoms with Gasteiger partial charge in [0.2, 0.25) is 0 Å². The van der Waals surface area contributed by atoms with Crippen LogP contribution in [-0.4, -0.2) is 12.5 Å². The average Bonchev–Trinajstić information content (AvgIpc) is 2.56. The van der Waals surface area contributed by atoms with Gasteiger partial charge in [-0.05, 0) is 48.6 Å². The summed E-state index contributed by atoms with van der Waals surface area (Å²) in [5, 5.41) is 5.04. The van der Waals surface area contributed by atoms with Crippen LogP contribution in [0.5, 0.6) is 5.75 Å². The molecular weight excluding hydrogens is 286 g/mol. The van der Waals surface area contributed by atoms with Crippen molar-refractivity contribution in [2.45, 2.75) is 13.8 Å². The zero-order valence-corrected chi connectivity index (χ0v) is 13.3. The van der Waals surface area contributed by atoms with Gasteiger partial charge < -0.3 is 10.1 Å². The minimum Gasteiger partial charge on any atom is -0.484 e. The maximum Gasteiger partial charge on any atom is 0.262 e. The number of anilines is 1. The van der Waals surface area contributed by atoms with Crippen LogP contribution in [0.25, 0.3) is 10.8 Å². The van der Waals surface area contributed by atoms with Gasteiger partial charge >= 0.3 is 0 Å². The molecule has 3 aromatic carbocycles. The Balaban J connectivity index is 1.68. The van der Waals surface area contributed by atoms with Crippen LogP contribution in [0.2, 0.25) is 0 Å². The summed E-state index contributed by atoms with van der Waals surface area (Å²) >= 11 is 0. The van der Waals surface area contributed by atoms with E-state index in [-0.39, 0.29) is 12.5 Å². The molecular formula is C20H19NO2. The molecule has 0 aliphatic heterocycles. The molecule has 23 heavy (non-hydrogen) atoms. The molecule has 0 aromatic heterocycles. The van der Waals surface area contributed by atoms with E-state index in [2.05, 4.69) is 5.32 Å². The number of ether oxygens (including phenoxy) is 1. The van der Waals surface area contributed by atoms with Crippen molar-refractivity contribution in [3.05, 3.63) is 71.8 Å². The highest BCUT2D eigenvalue weighted by Crippen LogP contribution is 2.23. The molecule has 0 fully saturated rings. The molecule has 1 N–H and O–H groups in total. The van der Waals surface area contributed by atoms with E-state index in [0.717, 1.165) is 22.0 Å². The fraction of sp³-hybridized carbons (Fsp3) is 0.150. The summed E-state index contributed by atoms with van der Waals surface area (Å²) in [4.78, 5) is 12.1. The molecule has 0 saturated heterocycles. The quantitative estimate of drug-likeness (QED) is 0.772. The van der Waals surface area contributed by atoms with Crippen molar-refractivity contribution < 1.29 is 9.53 Å². The molecule has 116 valence electrons. The van der Waals surface area contributed by atoms with E-state index in [1.807, 2.05) is 74.5 Å². The van der Waals surface area contributed by atoms with Crippen LogP contribution in [0, 0.1) is 13.8 Å². The van der Waals surface area contributed by atoms with Gasteiger partial charge in [-0.15, -0.1) is 0 Å². The summed E-state index contributed by atoms with van der Waals surface area (Å²) in [5.41, 5.74) is 3.16. The van der Waals surface area contributed by atoms with Crippen molar-refractivity contribution in [3.63, 3.8) is 0 Å². The number of nitrogens with one attached hydrogen (secondary N) is 1. The number of rotatable bonds is 4. The Morgan fingerprint density at radius 3 is 2.57 bits per heavy atom. The van der Waals surface area contributed by atoms with Crippen molar-refractivity contribution >= 4 is 22.4 Å². The Kier molecular flexibility index (Phi) is 4.29. The predicted octanol–water partition coefficient (Wildman–Crippen LogP) is 4.47. The highest BCUT2D eigenvalue weighted by atomic mass is 16.5. The van der Waals surface area contributed by atoms with E-state index in [4.69, 9.17) is 4.74 Å². The number of benzene rings is 3. The van der Waals surface area contributed by atoms with Gasteiger partial charge in [0.05, 0.1) is 0 Å². The molecule has 0 saturated carbocycles. The van der Waals surface area contributed by atoms with Crippen LogP contribution < -0.4 is 10.1 Å². The molecule has 0 aliphatic rings. The molecule has 0 atom stereocenters. The van der Waals surface area contributed by atoms with E-state index >= 15 is 0 Å². The highest BCUT2D eigenvalue weighted by molar-refractivity contribution is 6.02. The lowest BCUT2D eigenvalue weighted by Crippen LogP contribution is -2.20. The van der Waals surface area contributed by atoms with Crippen molar-refractivity contribution in [1.29, 1.82) is 0 Å². The lowest BCUT2D eigenvalue weighted by atomic mass is 10.1. The number of carbonyl (C=O) groups is 1. The zero-order valence-electron chi connectivity index (χ0n) is 13.3. The fourth-order valence-corrected chi connectivity index (χ4v) is 2.47. The number of fused-ring (bicyclic) bond motifs is 1. The first-order chi connectivity index (χ1) is 11.1. The van der Waals surface area contributed by atoms with Gasteiger partial charge in [-0.25, -0.2) is 0 Å². The first kappa shape index (κ1) is 15.1. The van der Waals surface area contributed by atoms with E-state index in [9.17, 15) is 4.79 Å². The Bertz CT molecular complexity index is 850. The Morgan fingerprint density at radius 1 is 0.957 bits per heavy atom. The first-order valence-corrected chi connectivity index (χ1v) is 7.61. The van der Waals surface area contributed by atoms with Gasteiger partial charge in [0.15, 0.2) is 6.61 Å². The van der Waals surface area contributed by atoms with Crippen LogP contribution in [-0.2, 0) is 4.79 Å². The third-order valence-electron chi connectivity index (χ3n) is 3.91.